The van der Waals surface area contributed by atoms with Crippen LogP contribution in [0.2, 0.25) is 0 Å². The molecule has 0 radical (unpaired) electrons. The minimum absolute atomic E-state index is 0.0929. The van der Waals surface area contributed by atoms with E-state index in [1.807, 2.05) is 0 Å². The molecular weight excluding hydrogens is 327 g/mol. The highest BCUT2D eigenvalue weighted by Gasteiger charge is 2.19. The molecule has 2 aromatic rings. The summed E-state index contributed by atoms with van der Waals surface area (Å²) in [5.74, 6) is -1.12. The highest BCUT2D eigenvalue weighted by molar-refractivity contribution is 5.94. The Hall–Kier alpha value is -3.03. The predicted molar refractivity (Wildman–Crippen MR) is 89.3 cm³/mol. The molecule has 0 spiro atoms. The number of likely N-dealkylation sites (N-methyl/N-ethyl adjacent to an activating group) is 1. The summed E-state index contributed by atoms with van der Waals surface area (Å²) in [5, 5.41) is 6.58. The van der Waals surface area contributed by atoms with Crippen LogP contribution in [0.1, 0.15) is 23.0 Å². The molecule has 8 heteroatoms. The highest BCUT2D eigenvalue weighted by Crippen LogP contribution is 2.03. The van der Waals surface area contributed by atoms with Gasteiger partial charge in [0.05, 0.1) is 6.54 Å². The molecule has 0 saturated heterocycles. The van der Waals surface area contributed by atoms with Crippen LogP contribution in [0.4, 0.5) is 4.39 Å². The van der Waals surface area contributed by atoms with E-state index in [9.17, 15) is 18.8 Å². The van der Waals surface area contributed by atoms with Gasteiger partial charge in [-0.3, -0.25) is 14.4 Å². The Morgan fingerprint density at radius 1 is 1.20 bits per heavy atom. The van der Waals surface area contributed by atoms with Gasteiger partial charge < -0.3 is 10.2 Å². The van der Waals surface area contributed by atoms with Crippen molar-refractivity contribution < 1.29 is 14.0 Å². The molecule has 0 aliphatic carbocycles. The standard InChI is InChI=1S/C17H19FN4O3/c1-3-22(17(25)14-8-9-16(24)21(2)20-14)11-15(23)19-10-12-4-6-13(18)7-5-12/h4-9H,3,10-11H2,1-2H3,(H,19,23). The maximum Gasteiger partial charge on any atom is 0.274 e. The highest BCUT2D eigenvalue weighted by atomic mass is 19.1. The Bertz CT molecular complexity index is 817. The summed E-state index contributed by atoms with van der Waals surface area (Å²) in [5.41, 5.74) is 0.524. The molecule has 0 atom stereocenters. The summed E-state index contributed by atoms with van der Waals surface area (Å²) < 4.78 is 13.9. The van der Waals surface area contributed by atoms with E-state index in [0.29, 0.717) is 6.54 Å². The zero-order valence-corrected chi connectivity index (χ0v) is 14.0. The Morgan fingerprint density at radius 2 is 1.88 bits per heavy atom. The molecule has 0 fully saturated rings. The lowest BCUT2D eigenvalue weighted by atomic mass is 10.2. The Labute approximate surface area is 144 Å². The lowest BCUT2D eigenvalue weighted by Gasteiger charge is -2.20. The van der Waals surface area contributed by atoms with E-state index >= 15 is 0 Å². The van der Waals surface area contributed by atoms with E-state index in [1.54, 1.807) is 19.1 Å². The number of benzene rings is 1. The van der Waals surface area contributed by atoms with Crippen molar-refractivity contribution in [2.24, 2.45) is 7.05 Å². The molecule has 2 rings (SSSR count). The van der Waals surface area contributed by atoms with Crippen molar-refractivity contribution in [1.29, 1.82) is 0 Å². The van der Waals surface area contributed by atoms with Crippen LogP contribution in [0.5, 0.6) is 0 Å². The van der Waals surface area contributed by atoms with Crippen molar-refractivity contribution in [1.82, 2.24) is 20.0 Å². The molecule has 132 valence electrons. The smallest absolute Gasteiger partial charge is 0.274 e. The van der Waals surface area contributed by atoms with E-state index in [0.717, 1.165) is 10.2 Å². The maximum atomic E-state index is 12.8. The first-order valence-electron chi connectivity index (χ1n) is 7.75. The van der Waals surface area contributed by atoms with Crippen LogP contribution in [0.15, 0.2) is 41.2 Å². The minimum Gasteiger partial charge on any atom is -0.350 e. The molecule has 1 aromatic carbocycles. The first-order chi connectivity index (χ1) is 11.9. The Morgan fingerprint density at radius 3 is 2.48 bits per heavy atom. The number of aromatic nitrogens is 2. The fraction of sp³-hybridized carbons (Fsp3) is 0.294. The van der Waals surface area contributed by atoms with Gasteiger partial charge in [0.2, 0.25) is 5.91 Å². The van der Waals surface area contributed by atoms with E-state index < -0.39 is 5.91 Å². The molecule has 0 unspecified atom stereocenters. The largest absolute Gasteiger partial charge is 0.350 e. The number of carbonyl (C=O) groups excluding carboxylic acids is 2. The zero-order valence-electron chi connectivity index (χ0n) is 14.0. The minimum atomic E-state index is -0.435. The van der Waals surface area contributed by atoms with Crippen molar-refractivity contribution in [3.63, 3.8) is 0 Å². The van der Waals surface area contributed by atoms with Crippen LogP contribution in [0, 0.1) is 5.82 Å². The predicted octanol–water partition coefficient (Wildman–Crippen LogP) is 0.698. The molecule has 1 N–H and O–H groups in total. The normalized spacial score (nSPS) is 10.4. The average molecular weight is 346 g/mol. The molecule has 0 saturated carbocycles. The summed E-state index contributed by atoms with van der Waals surface area (Å²) in [6.45, 7) is 2.16. The van der Waals surface area contributed by atoms with Crippen LogP contribution < -0.4 is 10.9 Å². The summed E-state index contributed by atoms with van der Waals surface area (Å²) >= 11 is 0. The van der Waals surface area contributed by atoms with Gasteiger partial charge in [0, 0.05) is 26.2 Å². The molecule has 7 nitrogen and oxygen atoms in total. The summed E-state index contributed by atoms with van der Waals surface area (Å²) in [6, 6.07) is 8.37. The quantitative estimate of drug-likeness (QED) is 0.834. The third kappa shape index (κ3) is 4.97. The topological polar surface area (TPSA) is 84.3 Å². The maximum absolute atomic E-state index is 12.8. The molecular formula is C17H19FN4O3. The van der Waals surface area contributed by atoms with Gasteiger partial charge >= 0.3 is 0 Å². The second-order valence-corrected chi connectivity index (χ2v) is 5.40. The second-order valence-electron chi connectivity index (χ2n) is 5.40. The molecule has 25 heavy (non-hydrogen) atoms. The van der Waals surface area contributed by atoms with Crippen molar-refractivity contribution in [2.45, 2.75) is 13.5 Å². The number of rotatable bonds is 6. The number of hydrogen-bond donors (Lipinski definition) is 1. The van der Waals surface area contributed by atoms with Gasteiger partial charge in [0.1, 0.15) is 11.5 Å². The lowest BCUT2D eigenvalue weighted by molar-refractivity contribution is -0.121. The fourth-order valence-corrected chi connectivity index (χ4v) is 2.14. The van der Waals surface area contributed by atoms with E-state index in [1.165, 1.54) is 36.2 Å². The number of carbonyl (C=O) groups is 2. The van der Waals surface area contributed by atoms with Gasteiger partial charge in [-0.1, -0.05) is 12.1 Å². The summed E-state index contributed by atoms with van der Waals surface area (Å²) in [7, 11) is 1.45. The van der Waals surface area contributed by atoms with Gasteiger partial charge in [0.25, 0.3) is 11.5 Å². The Balaban J connectivity index is 1.96. The van der Waals surface area contributed by atoms with Crippen LogP contribution in [0.3, 0.4) is 0 Å². The molecule has 1 heterocycles. The molecule has 2 amide bonds. The number of nitrogens with one attached hydrogen (secondary N) is 1. The fourth-order valence-electron chi connectivity index (χ4n) is 2.14. The van der Waals surface area contributed by atoms with Crippen molar-refractivity contribution in [2.75, 3.05) is 13.1 Å². The van der Waals surface area contributed by atoms with Gasteiger partial charge in [-0.15, -0.1) is 0 Å². The molecule has 0 aliphatic rings. The third-order valence-corrected chi connectivity index (χ3v) is 3.59. The van der Waals surface area contributed by atoms with Crippen LogP contribution in [0.25, 0.3) is 0 Å². The molecule has 1 aromatic heterocycles. The zero-order chi connectivity index (χ0) is 18.4. The van der Waals surface area contributed by atoms with Gasteiger partial charge in [-0.05, 0) is 30.7 Å². The van der Waals surface area contributed by atoms with E-state index in [4.69, 9.17) is 0 Å². The Kier molecular flexibility index (Phi) is 5.99. The van der Waals surface area contributed by atoms with E-state index in [2.05, 4.69) is 10.4 Å². The molecule has 0 aliphatic heterocycles. The van der Waals surface area contributed by atoms with Crippen LogP contribution >= 0.6 is 0 Å². The SMILES string of the molecule is CCN(CC(=O)NCc1ccc(F)cc1)C(=O)c1ccc(=O)n(C)n1. The summed E-state index contributed by atoms with van der Waals surface area (Å²) in [4.78, 5) is 37.1. The van der Waals surface area contributed by atoms with Gasteiger partial charge in [0.15, 0.2) is 0 Å². The number of hydrogen-bond acceptors (Lipinski definition) is 4. The molecule has 0 bridgehead atoms. The number of aryl methyl sites for hydroxylation is 1. The van der Waals surface area contributed by atoms with E-state index in [-0.39, 0.29) is 36.1 Å². The number of amides is 2. The average Bonchev–Trinajstić information content (AvgIpc) is 2.61. The number of halogens is 1. The monoisotopic (exact) mass is 346 g/mol. The van der Waals surface area contributed by atoms with Crippen molar-refractivity contribution in [3.8, 4) is 0 Å². The van der Waals surface area contributed by atoms with Gasteiger partial charge in [-0.25, -0.2) is 9.07 Å². The lowest BCUT2D eigenvalue weighted by Crippen LogP contribution is -2.41. The number of nitrogens with zero attached hydrogens (tertiary/aromatic N) is 3. The van der Waals surface area contributed by atoms with Crippen LogP contribution in [-0.4, -0.2) is 39.6 Å². The second kappa shape index (κ2) is 8.18. The van der Waals surface area contributed by atoms with Crippen molar-refractivity contribution in [3.05, 3.63) is 63.8 Å². The van der Waals surface area contributed by atoms with Crippen LogP contribution in [-0.2, 0) is 18.4 Å². The van der Waals surface area contributed by atoms with Crippen molar-refractivity contribution >= 4 is 11.8 Å². The first kappa shape index (κ1) is 18.3. The first-order valence-corrected chi connectivity index (χ1v) is 7.75. The third-order valence-electron chi connectivity index (χ3n) is 3.59. The van der Waals surface area contributed by atoms with Gasteiger partial charge in [-0.2, -0.15) is 5.10 Å². The summed E-state index contributed by atoms with van der Waals surface area (Å²) in [6.07, 6.45) is 0.